The number of unbranched alkanes of at least 4 members (excludes halogenated alkanes) is 1. The second-order valence-electron chi connectivity index (χ2n) is 8.78. The molecule has 210 valence electrons. The Kier molecular flexibility index (Phi) is 14.0. The average Bonchev–Trinajstić information content (AvgIpc) is 2.85. The van der Waals surface area contributed by atoms with Gasteiger partial charge in [0.05, 0.1) is 12.5 Å². The molecule has 0 heterocycles. The van der Waals surface area contributed by atoms with Crippen LogP contribution in [0.25, 0.3) is 0 Å². The number of aliphatic carboxylic acids is 1. The zero-order valence-corrected chi connectivity index (χ0v) is 21.1. The van der Waals surface area contributed by atoms with Gasteiger partial charge in [-0.1, -0.05) is 30.3 Å². The summed E-state index contributed by atoms with van der Waals surface area (Å²) in [6.07, 6.45) is 0.179. The maximum absolute atomic E-state index is 13.2. The summed E-state index contributed by atoms with van der Waals surface area (Å²) in [4.78, 5) is 72.8. The van der Waals surface area contributed by atoms with Crippen molar-refractivity contribution in [1.29, 1.82) is 0 Å². The van der Waals surface area contributed by atoms with Crippen LogP contribution in [0.1, 0.15) is 44.1 Å². The van der Waals surface area contributed by atoms with E-state index in [4.69, 9.17) is 22.9 Å². The van der Waals surface area contributed by atoms with Gasteiger partial charge in [0.2, 0.25) is 29.5 Å². The van der Waals surface area contributed by atoms with E-state index in [1.807, 2.05) is 0 Å². The molecule has 5 amide bonds. The molecule has 4 atom stereocenters. The van der Waals surface area contributed by atoms with E-state index in [1.54, 1.807) is 30.3 Å². The molecule has 1 rings (SSSR count). The van der Waals surface area contributed by atoms with E-state index in [0.717, 1.165) is 0 Å². The van der Waals surface area contributed by atoms with Crippen LogP contribution in [0.2, 0.25) is 0 Å². The Balaban J connectivity index is 3.10. The highest BCUT2D eigenvalue weighted by molar-refractivity contribution is 5.95. The van der Waals surface area contributed by atoms with Crippen molar-refractivity contribution in [1.82, 2.24) is 16.0 Å². The fraction of sp³-hybridized carbons (Fsp3) is 0.500. The van der Waals surface area contributed by atoms with Crippen molar-refractivity contribution in [2.75, 3.05) is 6.54 Å². The summed E-state index contributed by atoms with van der Waals surface area (Å²) in [5.74, 6) is -5.26. The normalized spacial score (nSPS) is 13.8. The second-order valence-corrected chi connectivity index (χ2v) is 8.78. The molecular weight excluding hydrogens is 498 g/mol. The van der Waals surface area contributed by atoms with Gasteiger partial charge in [0.25, 0.3) is 0 Å². The van der Waals surface area contributed by atoms with Crippen LogP contribution in [0.3, 0.4) is 0 Å². The number of hydrogen-bond donors (Lipinski definition) is 8. The van der Waals surface area contributed by atoms with Crippen LogP contribution in [0.15, 0.2) is 30.3 Å². The highest BCUT2D eigenvalue weighted by Gasteiger charge is 2.30. The molecule has 0 aliphatic heterocycles. The van der Waals surface area contributed by atoms with Gasteiger partial charge in [-0.05, 0) is 37.8 Å². The summed E-state index contributed by atoms with van der Waals surface area (Å²) >= 11 is 0. The van der Waals surface area contributed by atoms with E-state index in [0.29, 0.717) is 24.9 Å². The minimum atomic E-state index is -1.33. The molecule has 0 bridgehead atoms. The number of carboxylic acids is 1. The number of hydrogen-bond acceptors (Lipinski definition) is 8. The van der Waals surface area contributed by atoms with Gasteiger partial charge in [-0.2, -0.15) is 0 Å². The van der Waals surface area contributed by atoms with Gasteiger partial charge in [-0.25, -0.2) is 4.79 Å². The van der Waals surface area contributed by atoms with Crippen LogP contribution < -0.4 is 38.9 Å². The standard InChI is InChI=1S/C24H37N7O7/c25-11-5-4-8-17(24(37)38)30-22(35)16(9-10-19(27)32)29-23(36)18(12-14-6-2-1-3-7-14)31-21(34)15(26)13-20(28)33/h1-3,6-7,15-18H,4-5,8-13,25-26H2,(H2,27,32)(H2,28,33)(H,29,36)(H,30,35)(H,31,34)(H,37,38). The average molecular weight is 536 g/mol. The van der Waals surface area contributed by atoms with Gasteiger partial charge in [-0.3, -0.25) is 24.0 Å². The molecular formula is C24H37N7O7. The Labute approximate surface area is 220 Å². The molecule has 4 unspecified atom stereocenters. The molecule has 38 heavy (non-hydrogen) atoms. The molecule has 14 heteroatoms. The predicted molar refractivity (Wildman–Crippen MR) is 137 cm³/mol. The quantitative estimate of drug-likeness (QED) is 0.0912. The molecule has 0 fully saturated rings. The third-order valence-corrected chi connectivity index (χ3v) is 5.55. The first-order valence-electron chi connectivity index (χ1n) is 12.1. The van der Waals surface area contributed by atoms with Crippen molar-refractivity contribution >= 4 is 35.5 Å². The number of carboxylic acid groups (broad SMARTS) is 1. The Morgan fingerprint density at radius 1 is 0.763 bits per heavy atom. The first kappa shape index (κ1) is 32.0. The monoisotopic (exact) mass is 535 g/mol. The molecule has 0 spiro atoms. The van der Waals surface area contributed by atoms with E-state index < -0.39 is 66.1 Å². The number of benzene rings is 1. The van der Waals surface area contributed by atoms with E-state index in [1.165, 1.54) is 0 Å². The maximum atomic E-state index is 13.2. The molecule has 0 aliphatic carbocycles. The smallest absolute Gasteiger partial charge is 0.326 e. The molecule has 0 radical (unpaired) electrons. The summed E-state index contributed by atoms with van der Waals surface area (Å²) in [5, 5.41) is 16.8. The van der Waals surface area contributed by atoms with Crippen molar-refractivity contribution in [3.05, 3.63) is 35.9 Å². The van der Waals surface area contributed by atoms with Crippen molar-refractivity contribution < 1.29 is 33.9 Å². The van der Waals surface area contributed by atoms with E-state index in [2.05, 4.69) is 16.0 Å². The third-order valence-electron chi connectivity index (χ3n) is 5.55. The fourth-order valence-corrected chi connectivity index (χ4v) is 3.50. The molecule has 12 N–H and O–H groups in total. The summed E-state index contributed by atoms with van der Waals surface area (Å²) in [6.45, 7) is 0.356. The zero-order chi connectivity index (χ0) is 28.7. The summed E-state index contributed by atoms with van der Waals surface area (Å²) in [5.41, 5.74) is 22.1. The lowest BCUT2D eigenvalue weighted by molar-refractivity contribution is -0.142. The molecule has 14 nitrogen and oxygen atoms in total. The summed E-state index contributed by atoms with van der Waals surface area (Å²) in [7, 11) is 0. The number of carbonyl (C=O) groups is 6. The number of primary amides is 2. The van der Waals surface area contributed by atoms with Crippen LogP contribution in [-0.4, -0.2) is 71.3 Å². The molecule has 0 saturated carbocycles. The Morgan fingerprint density at radius 3 is 1.89 bits per heavy atom. The molecule has 0 aliphatic rings. The van der Waals surface area contributed by atoms with Crippen molar-refractivity contribution in [3.63, 3.8) is 0 Å². The highest BCUT2D eigenvalue weighted by Crippen LogP contribution is 2.08. The predicted octanol–water partition coefficient (Wildman–Crippen LogP) is -2.63. The Morgan fingerprint density at radius 2 is 1.34 bits per heavy atom. The third kappa shape index (κ3) is 12.3. The topological polar surface area (TPSA) is 263 Å². The second kappa shape index (κ2) is 16.7. The molecule has 0 saturated heterocycles. The van der Waals surface area contributed by atoms with Gasteiger partial charge in [0, 0.05) is 12.8 Å². The van der Waals surface area contributed by atoms with Crippen molar-refractivity contribution in [2.45, 2.75) is 69.1 Å². The zero-order valence-electron chi connectivity index (χ0n) is 21.1. The number of amides is 5. The lowest BCUT2D eigenvalue weighted by Crippen LogP contribution is -2.58. The lowest BCUT2D eigenvalue weighted by Gasteiger charge is -2.25. The number of rotatable bonds is 18. The Hall–Kier alpha value is -4.04. The molecule has 1 aromatic carbocycles. The van der Waals surface area contributed by atoms with E-state index in [9.17, 15) is 33.9 Å². The molecule has 1 aromatic rings. The Bertz CT molecular complexity index is 974. The van der Waals surface area contributed by atoms with E-state index >= 15 is 0 Å². The highest BCUT2D eigenvalue weighted by atomic mass is 16.4. The summed E-state index contributed by atoms with van der Waals surface area (Å²) < 4.78 is 0. The van der Waals surface area contributed by atoms with Gasteiger partial charge in [0.15, 0.2) is 0 Å². The first-order valence-corrected chi connectivity index (χ1v) is 12.1. The van der Waals surface area contributed by atoms with Crippen molar-refractivity contribution in [3.8, 4) is 0 Å². The van der Waals surface area contributed by atoms with Crippen LogP contribution in [0, 0.1) is 0 Å². The van der Waals surface area contributed by atoms with Crippen LogP contribution in [0.4, 0.5) is 0 Å². The van der Waals surface area contributed by atoms with Crippen LogP contribution in [0.5, 0.6) is 0 Å². The first-order chi connectivity index (χ1) is 17.9. The molecule has 0 aromatic heterocycles. The number of carbonyl (C=O) groups excluding carboxylic acids is 5. The van der Waals surface area contributed by atoms with E-state index in [-0.39, 0.29) is 25.7 Å². The minimum Gasteiger partial charge on any atom is -0.480 e. The largest absolute Gasteiger partial charge is 0.480 e. The number of nitrogens with two attached hydrogens (primary N) is 4. The maximum Gasteiger partial charge on any atom is 0.326 e. The fourth-order valence-electron chi connectivity index (χ4n) is 3.50. The van der Waals surface area contributed by atoms with Gasteiger partial charge < -0.3 is 44.0 Å². The van der Waals surface area contributed by atoms with Gasteiger partial charge in [0.1, 0.15) is 18.1 Å². The van der Waals surface area contributed by atoms with Crippen molar-refractivity contribution in [2.24, 2.45) is 22.9 Å². The van der Waals surface area contributed by atoms with Gasteiger partial charge >= 0.3 is 5.97 Å². The lowest BCUT2D eigenvalue weighted by atomic mass is 10.0. The van der Waals surface area contributed by atoms with Crippen LogP contribution >= 0.6 is 0 Å². The van der Waals surface area contributed by atoms with Crippen LogP contribution in [-0.2, 0) is 35.2 Å². The summed E-state index contributed by atoms with van der Waals surface area (Å²) in [6, 6.07) is 3.53. The van der Waals surface area contributed by atoms with Gasteiger partial charge in [-0.15, -0.1) is 0 Å². The SMILES string of the molecule is NCCCCC(NC(=O)C(CCC(N)=O)NC(=O)C(Cc1ccccc1)NC(=O)C(N)CC(N)=O)C(=O)O. The minimum absolute atomic E-state index is 0.00268. The number of nitrogens with one attached hydrogen (secondary N) is 3.